The Morgan fingerprint density at radius 1 is 0.958 bits per heavy atom. The summed E-state index contributed by atoms with van der Waals surface area (Å²) < 4.78 is 0. The van der Waals surface area contributed by atoms with Crippen molar-refractivity contribution >= 4 is 17.0 Å². The first-order valence-corrected chi connectivity index (χ1v) is 7.58. The molecule has 1 aromatic carbocycles. The SMILES string of the molecule is Cc1nc(C(Nc2ccc3nccnc3n2)c2ccccc2)n[nH]1. The van der Waals surface area contributed by atoms with E-state index in [1.807, 2.05) is 49.4 Å². The molecule has 2 N–H and O–H groups in total. The molecule has 1 unspecified atom stereocenters. The van der Waals surface area contributed by atoms with Crippen LogP contribution in [0.5, 0.6) is 0 Å². The molecule has 0 amide bonds. The Labute approximate surface area is 138 Å². The lowest BCUT2D eigenvalue weighted by molar-refractivity contribution is 0.831. The van der Waals surface area contributed by atoms with Crippen LogP contribution in [-0.4, -0.2) is 30.1 Å². The summed E-state index contributed by atoms with van der Waals surface area (Å²) in [6.45, 7) is 1.88. The van der Waals surface area contributed by atoms with Crippen LogP contribution >= 0.6 is 0 Å². The number of hydrogen-bond donors (Lipinski definition) is 2. The van der Waals surface area contributed by atoms with Gasteiger partial charge < -0.3 is 5.32 Å². The van der Waals surface area contributed by atoms with Gasteiger partial charge >= 0.3 is 0 Å². The van der Waals surface area contributed by atoms with E-state index in [2.05, 4.69) is 35.5 Å². The Bertz CT molecular complexity index is 965. The largest absolute Gasteiger partial charge is 0.356 e. The average Bonchev–Trinajstić information content (AvgIpc) is 3.06. The van der Waals surface area contributed by atoms with Crippen LogP contribution in [0.4, 0.5) is 5.82 Å². The zero-order valence-corrected chi connectivity index (χ0v) is 13.0. The molecule has 118 valence electrons. The van der Waals surface area contributed by atoms with E-state index in [1.165, 1.54) is 0 Å². The Morgan fingerprint density at radius 3 is 2.58 bits per heavy atom. The van der Waals surface area contributed by atoms with Gasteiger partial charge in [-0.3, -0.25) is 10.1 Å². The Morgan fingerprint density at radius 2 is 1.79 bits per heavy atom. The highest BCUT2D eigenvalue weighted by Gasteiger charge is 2.19. The van der Waals surface area contributed by atoms with Gasteiger partial charge in [-0.05, 0) is 24.6 Å². The lowest BCUT2D eigenvalue weighted by Gasteiger charge is -2.17. The van der Waals surface area contributed by atoms with Gasteiger partial charge in [0.05, 0.1) is 0 Å². The minimum Gasteiger partial charge on any atom is -0.356 e. The highest BCUT2D eigenvalue weighted by Crippen LogP contribution is 2.24. The van der Waals surface area contributed by atoms with Crippen LogP contribution in [0.3, 0.4) is 0 Å². The van der Waals surface area contributed by atoms with Gasteiger partial charge in [0.25, 0.3) is 0 Å². The molecule has 0 aliphatic carbocycles. The van der Waals surface area contributed by atoms with Gasteiger partial charge in [-0.25, -0.2) is 15.0 Å². The zero-order valence-electron chi connectivity index (χ0n) is 13.0. The first kappa shape index (κ1) is 14.3. The Balaban J connectivity index is 1.73. The molecule has 7 nitrogen and oxygen atoms in total. The van der Waals surface area contributed by atoms with Crippen molar-refractivity contribution in [1.82, 2.24) is 30.1 Å². The molecule has 4 rings (SSSR count). The van der Waals surface area contributed by atoms with E-state index < -0.39 is 0 Å². The number of nitrogens with zero attached hydrogens (tertiary/aromatic N) is 5. The van der Waals surface area contributed by atoms with Crippen LogP contribution in [0.1, 0.15) is 23.3 Å². The van der Waals surface area contributed by atoms with Gasteiger partial charge in [0, 0.05) is 12.4 Å². The van der Waals surface area contributed by atoms with E-state index in [1.54, 1.807) is 12.4 Å². The van der Waals surface area contributed by atoms with Crippen molar-refractivity contribution in [1.29, 1.82) is 0 Å². The molecule has 0 saturated heterocycles. The highest BCUT2D eigenvalue weighted by molar-refractivity contribution is 5.71. The van der Waals surface area contributed by atoms with Gasteiger partial charge in [-0.2, -0.15) is 5.10 Å². The molecule has 4 aromatic rings. The van der Waals surface area contributed by atoms with Crippen LogP contribution < -0.4 is 5.32 Å². The van der Waals surface area contributed by atoms with Crippen LogP contribution in [-0.2, 0) is 0 Å². The fourth-order valence-corrected chi connectivity index (χ4v) is 2.51. The predicted molar refractivity (Wildman–Crippen MR) is 90.4 cm³/mol. The first-order chi connectivity index (χ1) is 11.8. The third kappa shape index (κ3) is 2.79. The van der Waals surface area contributed by atoms with E-state index in [4.69, 9.17) is 0 Å². The molecule has 0 aliphatic rings. The third-order valence-corrected chi connectivity index (χ3v) is 3.63. The quantitative estimate of drug-likeness (QED) is 0.601. The number of pyridine rings is 1. The van der Waals surface area contributed by atoms with Crippen LogP contribution in [0.25, 0.3) is 11.2 Å². The fraction of sp³-hybridized carbons (Fsp3) is 0.118. The number of aryl methyl sites for hydroxylation is 1. The number of nitrogens with one attached hydrogen (secondary N) is 2. The standard InChI is InChI=1S/C17H15N7/c1-11-20-17(24-23-11)15(12-5-3-2-4-6-12)21-14-8-7-13-16(22-14)19-10-9-18-13/h2-10,15H,1H3,(H,19,21,22)(H,20,23,24). The molecule has 0 spiro atoms. The van der Waals surface area contributed by atoms with E-state index in [9.17, 15) is 0 Å². The summed E-state index contributed by atoms with van der Waals surface area (Å²) in [6.07, 6.45) is 3.28. The van der Waals surface area contributed by atoms with E-state index in [0.717, 1.165) is 16.9 Å². The van der Waals surface area contributed by atoms with Crippen LogP contribution in [0.2, 0.25) is 0 Å². The van der Waals surface area contributed by atoms with Crippen molar-refractivity contribution < 1.29 is 0 Å². The molecule has 0 fully saturated rings. The Kier molecular flexibility index (Phi) is 3.59. The van der Waals surface area contributed by atoms with Gasteiger partial charge in [0.15, 0.2) is 11.5 Å². The van der Waals surface area contributed by atoms with Gasteiger partial charge in [-0.1, -0.05) is 30.3 Å². The van der Waals surface area contributed by atoms with Gasteiger partial charge in [-0.15, -0.1) is 0 Å². The molecule has 0 radical (unpaired) electrons. The number of aromatic nitrogens is 6. The predicted octanol–water partition coefficient (Wildman–Crippen LogP) is 2.65. The number of aromatic amines is 1. The van der Waals surface area contributed by atoms with Crippen LogP contribution in [0, 0.1) is 6.92 Å². The van der Waals surface area contributed by atoms with Crippen molar-refractivity contribution in [2.45, 2.75) is 13.0 Å². The normalized spacial score (nSPS) is 12.2. The van der Waals surface area contributed by atoms with Gasteiger partial charge in [0.2, 0.25) is 0 Å². The molecule has 1 atom stereocenters. The van der Waals surface area contributed by atoms with Gasteiger partial charge in [0.1, 0.15) is 23.2 Å². The number of rotatable bonds is 4. The highest BCUT2D eigenvalue weighted by atomic mass is 15.2. The minimum absolute atomic E-state index is 0.210. The summed E-state index contributed by atoms with van der Waals surface area (Å²) in [5.41, 5.74) is 2.41. The number of anilines is 1. The number of H-pyrrole nitrogens is 1. The maximum atomic E-state index is 4.52. The maximum absolute atomic E-state index is 4.52. The van der Waals surface area contributed by atoms with Crippen molar-refractivity contribution in [2.24, 2.45) is 0 Å². The summed E-state index contributed by atoms with van der Waals surface area (Å²) in [6, 6.07) is 13.6. The minimum atomic E-state index is -0.210. The third-order valence-electron chi connectivity index (χ3n) is 3.63. The molecule has 0 saturated carbocycles. The van der Waals surface area contributed by atoms with Crippen LogP contribution in [0.15, 0.2) is 54.9 Å². The van der Waals surface area contributed by atoms with E-state index >= 15 is 0 Å². The molecule has 0 bridgehead atoms. The summed E-state index contributed by atoms with van der Waals surface area (Å²) >= 11 is 0. The summed E-state index contributed by atoms with van der Waals surface area (Å²) in [7, 11) is 0. The second kappa shape index (κ2) is 6.04. The molecule has 3 heterocycles. The molecular weight excluding hydrogens is 302 g/mol. The lowest BCUT2D eigenvalue weighted by atomic mass is 10.1. The average molecular weight is 317 g/mol. The first-order valence-electron chi connectivity index (χ1n) is 7.58. The summed E-state index contributed by atoms with van der Waals surface area (Å²) in [4.78, 5) is 17.5. The second-order valence-corrected chi connectivity index (χ2v) is 5.36. The molecule has 0 aliphatic heterocycles. The maximum Gasteiger partial charge on any atom is 0.180 e. The number of benzene rings is 1. The molecule has 3 aromatic heterocycles. The summed E-state index contributed by atoms with van der Waals surface area (Å²) in [5.74, 6) is 2.13. The Hall–Kier alpha value is -3.35. The smallest absolute Gasteiger partial charge is 0.180 e. The monoisotopic (exact) mass is 317 g/mol. The van der Waals surface area contributed by atoms with E-state index in [-0.39, 0.29) is 6.04 Å². The van der Waals surface area contributed by atoms with Crippen molar-refractivity contribution in [3.63, 3.8) is 0 Å². The van der Waals surface area contributed by atoms with Crippen molar-refractivity contribution in [3.05, 3.63) is 72.1 Å². The summed E-state index contributed by atoms with van der Waals surface area (Å²) in [5, 5.41) is 10.6. The molecule has 24 heavy (non-hydrogen) atoms. The molecular formula is C17H15N7. The topological polar surface area (TPSA) is 92.3 Å². The number of hydrogen-bond acceptors (Lipinski definition) is 6. The lowest BCUT2D eigenvalue weighted by Crippen LogP contribution is -2.15. The fourth-order valence-electron chi connectivity index (χ4n) is 2.51. The van der Waals surface area contributed by atoms with Crippen molar-refractivity contribution in [3.8, 4) is 0 Å². The zero-order chi connectivity index (χ0) is 16.4. The molecule has 7 heteroatoms. The number of fused-ring (bicyclic) bond motifs is 1. The van der Waals surface area contributed by atoms with E-state index in [0.29, 0.717) is 17.3 Å². The second-order valence-electron chi connectivity index (χ2n) is 5.36. The van der Waals surface area contributed by atoms with Crippen molar-refractivity contribution in [2.75, 3.05) is 5.32 Å².